The Bertz CT molecular complexity index is 757. The van der Waals surface area contributed by atoms with Crippen LogP contribution in [0.2, 0.25) is 0 Å². The maximum Gasteiger partial charge on any atom is 0.233 e. The summed E-state index contributed by atoms with van der Waals surface area (Å²) in [5, 5.41) is 0. The fraction of sp³-hybridized carbons (Fsp3) is 0.450. The van der Waals surface area contributed by atoms with E-state index in [1.54, 1.807) is 30.7 Å². The van der Waals surface area contributed by atoms with Gasteiger partial charge in [-0.25, -0.2) is 4.39 Å². The summed E-state index contributed by atoms with van der Waals surface area (Å²) in [6.07, 6.45) is 8.86. The summed E-state index contributed by atoms with van der Waals surface area (Å²) in [6.45, 7) is 3.27. The summed E-state index contributed by atoms with van der Waals surface area (Å²) >= 11 is 0. The normalized spacial score (nSPS) is 20.5. The molecular formula is C20H23FN4O. The molecule has 0 N–H and O–H groups in total. The zero-order valence-electron chi connectivity index (χ0n) is 14.8. The molecule has 2 aliphatic rings. The van der Waals surface area contributed by atoms with Gasteiger partial charge in [-0.1, -0.05) is 0 Å². The van der Waals surface area contributed by atoms with Gasteiger partial charge in [0.05, 0.1) is 11.1 Å². The number of likely N-dealkylation sites (tertiary alicyclic amines) is 1. The van der Waals surface area contributed by atoms with Crippen molar-refractivity contribution in [2.75, 3.05) is 24.5 Å². The van der Waals surface area contributed by atoms with Gasteiger partial charge in [0.25, 0.3) is 0 Å². The summed E-state index contributed by atoms with van der Waals surface area (Å²) in [7, 11) is 0. The molecule has 1 aromatic carbocycles. The summed E-state index contributed by atoms with van der Waals surface area (Å²) in [6, 6.07) is 6.26. The molecule has 26 heavy (non-hydrogen) atoms. The fourth-order valence-corrected chi connectivity index (χ4v) is 4.18. The maximum atomic E-state index is 13.2. The van der Waals surface area contributed by atoms with Crippen molar-refractivity contribution in [3.05, 3.63) is 54.4 Å². The Balaban J connectivity index is 1.44. The molecule has 0 saturated carbocycles. The van der Waals surface area contributed by atoms with E-state index in [1.807, 2.05) is 4.90 Å². The van der Waals surface area contributed by atoms with Crippen molar-refractivity contribution in [2.45, 2.75) is 32.2 Å². The van der Waals surface area contributed by atoms with Crippen molar-refractivity contribution in [1.29, 1.82) is 0 Å². The number of hydrogen-bond acceptors (Lipinski definition) is 4. The van der Waals surface area contributed by atoms with Crippen molar-refractivity contribution in [3.8, 4) is 0 Å². The summed E-state index contributed by atoms with van der Waals surface area (Å²) in [5.74, 6) is -0.0697. The summed E-state index contributed by atoms with van der Waals surface area (Å²) in [5.41, 5.74) is 1.50. The smallest absolute Gasteiger partial charge is 0.233 e. The van der Waals surface area contributed by atoms with Gasteiger partial charge in [0.15, 0.2) is 0 Å². The first-order chi connectivity index (χ1) is 12.7. The molecule has 136 valence electrons. The first-order valence-electron chi connectivity index (χ1n) is 9.21. The molecule has 0 bridgehead atoms. The molecule has 3 heterocycles. The average Bonchev–Trinajstić information content (AvgIpc) is 2.68. The molecular weight excluding hydrogens is 331 g/mol. The monoisotopic (exact) mass is 354 g/mol. The Morgan fingerprint density at radius 2 is 1.81 bits per heavy atom. The van der Waals surface area contributed by atoms with E-state index in [0.717, 1.165) is 63.2 Å². The van der Waals surface area contributed by atoms with Crippen LogP contribution in [-0.4, -0.2) is 40.4 Å². The molecule has 5 nitrogen and oxygen atoms in total. The van der Waals surface area contributed by atoms with Gasteiger partial charge < -0.3 is 4.90 Å². The number of anilines is 1. The highest BCUT2D eigenvalue weighted by atomic mass is 19.1. The minimum absolute atomic E-state index is 0.203. The third kappa shape index (κ3) is 3.33. The zero-order chi connectivity index (χ0) is 18.0. The lowest BCUT2D eigenvalue weighted by Crippen LogP contribution is -2.53. The van der Waals surface area contributed by atoms with Crippen molar-refractivity contribution >= 4 is 11.6 Å². The van der Waals surface area contributed by atoms with Crippen LogP contribution in [0.15, 0.2) is 42.9 Å². The second-order valence-corrected chi connectivity index (χ2v) is 7.29. The van der Waals surface area contributed by atoms with Crippen LogP contribution < -0.4 is 4.90 Å². The number of carbonyl (C=O) groups excluding carboxylic acids is 1. The average molecular weight is 354 g/mol. The van der Waals surface area contributed by atoms with Crippen molar-refractivity contribution in [3.63, 3.8) is 0 Å². The lowest BCUT2D eigenvalue weighted by Gasteiger charge is -2.46. The van der Waals surface area contributed by atoms with Gasteiger partial charge in [-0.3, -0.25) is 19.7 Å². The molecule has 1 spiro atoms. The van der Waals surface area contributed by atoms with E-state index in [0.29, 0.717) is 0 Å². The molecule has 1 aromatic heterocycles. The Labute approximate surface area is 152 Å². The van der Waals surface area contributed by atoms with Gasteiger partial charge in [-0.15, -0.1) is 0 Å². The minimum atomic E-state index is -0.273. The van der Waals surface area contributed by atoms with Gasteiger partial charge >= 0.3 is 0 Å². The van der Waals surface area contributed by atoms with Gasteiger partial charge in [0.1, 0.15) is 5.82 Å². The van der Waals surface area contributed by atoms with Crippen LogP contribution in [-0.2, 0) is 11.3 Å². The van der Waals surface area contributed by atoms with Crippen LogP contribution in [0.25, 0.3) is 0 Å². The van der Waals surface area contributed by atoms with E-state index >= 15 is 0 Å². The highest BCUT2D eigenvalue weighted by Crippen LogP contribution is 2.42. The lowest BCUT2D eigenvalue weighted by atomic mass is 9.71. The molecule has 0 radical (unpaired) electrons. The van der Waals surface area contributed by atoms with Crippen LogP contribution in [0.4, 0.5) is 10.1 Å². The van der Waals surface area contributed by atoms with E-state index in [4.69, 9.17) is 0 Å². The molecule has 2 aromatic rings. The lowest BCUT2D eigenvalue weighted by molar-refractivity contribution is -0.133. The van der Waals surface area contributed by atoms with Gasteiger partial charge in [-0.2, -0.15) is 0 Å². The molecule has 0 atom stereocenters. The number of aromatic nitrogens is 2. The highest BCUT2D eigenvalue weighted by Gasteiger charge is 2.45. The third-order valence-corrected chi connectivity index (χ3v) is 5.69. The van der Waals surface area contributed by atoms with Crippen molar-refractivity contribution in [2.24, 2.45) is 5.41 Å². The minimum Gasteiger partial charge on any atom is -0.312 e. The number of nitrogens with zero attached hydrogens (tertiary/aromatic N) is 4. The molecule has 2 saturated heterocycles. The van der Waals surface area contributed by atoms with Crippen LogP contribution in [0, 0.1) is 11.2 Å². The second-order valence-electron chi connectivity index (χ2n) is 7.29. The van der Waals surface area contributed by atoms with Crippen LogP contribution in [0.5, 0.6) is 0 Å². The van der Waals surface area contributed by atoms with Gasteiger partial charge in [-0.05, 0) is 63.0 Å². The number of benzene rings is 1. The predicted molar refractivity (Wildman–Crippen MR) is 97.0 cm³/mol. The Morgan fingerprint density at radius 3 is 2.50 bits per heavy atom. The Morgan fingerprint density at radius 1 is 1.04 bits per heavy atom. The standard InChI is InChI=1S/C20H23FN4O/c21-16-2-4-18(5-3-16)25-11-1-6-20(19(25)26)7-12-24(13-8-20)15-17-14-22-9-10-23-17/h2-5,9-10,14H,1,6-8,11-13,15H2. The first-order valence-corrected chi connectivity index (χ1v) is 9.21. The van der Waals surface area contributed by atoms with E-state index in [-0.39, 0.29) is 17.1 Å². The molecule has 2 fully saturated rings. The maximum absolute atomic E-state index is 13.2. The van der Waals surface area contributed by atoms with Gasteiger partial charge in [0, 0.05) is 37.4 Å². The molecule has 0 aliphatic carbocycles. The van der Waals surface area contributed by atoms with Gasteiger partial charge in [0.2, 0.25) is 5.91 Å². The van der Waals surface area contributed by atoms with Crippen LogP contribution in [0.3, 0.4) is 0 Å². The number of amides is 1. The molecule has 2 aliphatic heterocycles. The Hall–Kier alpha value is -2.34. The summed E-state index contributed by atoms with van der Waals surface area (Å²) in [4.78, 5) is 25.9. The van der Waals surface area contributed by atoms with E-state index in [1.165, 1.54) is 12.1 Å². The van der Waals surface area contributed by atoms with E-state index in [2.05, 4.69) is 14.9 Å². The predicted octanol–water partition coefficient (Wildman–Crippen LogP) is 3.02. The van der Waals surface area contributed by atoms with E-state index < -0.39 is 0 Å². The van der Waals surface area contributed by atoms with E-state index in [9.17, 15) is 9.18 Å². The molecule has 1 amide bonds. The number of carbonyl (C=O) groups is 1. The topological polar surface area (TPSA) is 49.3 Å². The third-order valence-electron chi connectivity index (χ3n) is 5.69. The second kappa shape index (κ2) is 7.11. The SMILES string of the molecule is O=C1N(c2ccc(F)cc2)CCCC12CCN(Cc1cnccn1)CC2. The zero-order valence-corrected chi connectivity index (χ0v) is 14.8. The summed E-state index contributed by atoms with van der Waals surface area (Å²) < 4.78 is 13.2. The van der Waals surface area contributed by atoms with Crippen molar-refractivity contribution < 1.29 is 9.18 Å². The largest absolute Gasteiger partial charge is 0.312 e. The van der Waals surface area contributed by atoms with Crippen LogP contribution >= 0.6 is 0 Å². The number of halogens is 1. The first kappa shape index (κ1) is 17.1. The van der Waals surface area contributed by atoms with Crippen LogP contribution in [0.1, 0.15) is 31.4 Å². The molecule has 4 rings (SSSR count). The quantitative estimate of drug-likeness (QED) is 0.850. The number of rotatable bonds is 3. The number of hydrogen-bond donors (Lipinski definition) is 0. The number of piperidine rings is 2. The van der Waals surface area contributed by atoms with Crippen molar-refractivity contribution in [1.82, 2.24) is 14.9 Å². The molecule has 0 unspecified atom stereocenters. The highest BCUT2D eigenvalue weighted by molar-refractivity contribution is 5.98. The fourth-order valence-electron chi connectivity index (χ4n) is 4.18. The molecule has 6 heteroatoms. The Kier molecular flexibility index (Phi) is 4.68.